The van der Waals surface area contributed by atoms with Crippen molar-refractivity contribution in [1.29, 1.82) is 0 Å². The van der Waals surface area contributed by atoms with Gasteiger partial charge in [-0.3, -0.25) is 14.9 Å². The van der Waals surface area contributed by atoms with Crippen molar-refractivity contribution in [2.24, 2.45) is 0 Å². The Labute approximate surface area is 145 Å². The maximum Gasteiger partial charge on any atom is 0.270 e. The van der Waals surface area contributed by atoms with E-state index in [-0.39, 0.29) is 16.7 Å². The zero-order valence-corrected chi connectivity index (χ0v) is 14.5. The van der Waals surface area contributed by atoms with Crippen LogP contribution in [0.4, 0.5) is 5.69 Å². The Balaban J connectivity index is 2.02. The lowest BCUT2D eigenvalue weighted by atomic mass is 9.87. The quantitative estimate of drug-likeness (QED) is 0.530. The first-order valence-corrected chi connectivity index (χ1v) is 8.13. The van der Waals surface area contributed by atoms with Gasteiger partial charge in [-0.25, -0.2) is 0 Å². The third-order valence-electron chi connectivity index (χ3n) is 4.34. The smallest absolute Gasteiger partial charge is 0.270 e. The summed E-state index contributed by atoms with van der Waals surface area (Å²) in [6.07, 6.45) is 0. The largest absolute Gasteiger partial charge is 0.304 e. The number of hydrogen-bond donors (Lipinski definition) is 0. The summed E-state index contributed by atoms with van der Waals surface area (Å²) in [5.74, 6) is 0. The second-order valence-corrected chi connectivity index (χ2v) is 7.20. The van der Waals surface area contributed by atoms with Crippen molar-refractivity contribution in [2.45, 2.75) is 32.7 Å². The fourth-order valence-electron chi connectivity index (χ4n) is 2.86. The van der Waals surface area contributed by atoms with E-state index >= 15 is 0 Å². The van der Waals surface area contributed by atoms with Crippen molar-refractivity contribution >= 4 is 16.6 Å². The molecule has 0 aliphatic heterocycles. The van der Waals surface area contributed by atoms with Crippen LogP contribution in [0, 0.1) is 10.1 Å². The van der Waals surface area contributed by atoms with Gasteiger partial charge in [0, 0.05) is 23.6 Å². The lowest BCUT2D eigenvalue weighted by Gasteiger charge is -2.19. The Morgan fingerprint density at radius 1 is 1.00 bits per heavy atom. The van der Waals surface area contributed by atoms with E-state index in [0.717, 1.165) is 5.56 Å². The number of pyridine rings is 1. The molecule has 0 fully saturated rings. The molecule has 0 saturated carbocycles. The summed E-state index contributed by atoms with van der Waals surface area (Å²) in [7, 11) is 0. The maximum absolute atomic E-state index is 12.3. The Morgan fingerprint density at radius 3 is 2.28 bits per heavy atom. The number of hydrogen-bond acceptors (Lipinski definition) is 3. The number of benzene rings is 2. The zero-order valence-electron chi connectivity index (χ0n) is 14.5. The van der Waals surface area contributed by atoms with Crippen LogP contribution in [-0.2, 0) is 12.0 Å². The molecule has 2 aromatic carbocycles. The normalized spacial score (nSPS) is 11.6. The van der Waals surface area contributed by atoms with Crippen LogP contribution in [0.3, 0.4) is 0 Å². The lowest BCUT2D eigenvalue weighted by Crippen LogP contribution is -2.20. The molecule has 0 atom stereocenters. The molecule has 3 aromatic rings. The van der Waals surface area contributed by atoms with Crippen molar-refractivity contribution in [3.05, 3.63) is 86.2 Å². The summed E-state index contributed by atoms with van der Waals surface area (Å²) in [4.78, 5) is 22.8. The molecule has 5 nitrogen and oxygen atoms in total. The van der Waals surface area contributed by atoms with Crippen molar-refractivity contribution in [1.82, 2.24) is 4.57 Å². The van der Waals surface area contributed by atoms with Crippen molar-refractivity contribution in [2.75, 3.05) is 0 Å². The summed E-state index contributed by atoms with van der Waals surface area (Å²) in [5.41, 5.74) is 2.91. The minimum atomic E-state index is -0.430. The van der Waals surface area contributed by atoms with Crippen LogP contribution >= 0.6 is 0 Å². The van der Waals surface area contributed by atoms with Gasteiger partial charge in [-0.2, -0.15) is 0 Å². The maximum atomic E-state index is 12.3. The van der Waals surface area contributed by atoms with Crippen LogP contribution in [-0.4, -0.2) is 9.49 Å². The second kappa shape index (κ2) is 6.16. The zero-order chi connectivity index (χ0) is 18.2. The number of non-ortho nitro benzene ring substituents is 1. The monoisotopic (exact) mass is 336 g/mol. The molecule has 5 heteroatoms. The van der Waals surface area contributed by atoms with Gasteiger partial charge in [0.15, 0.2) is 0 Å². The number of rotatable bonds is 3. The fraction of sp³-hybridized carbons (Fsp3) is 0.250. The molecule has 3 rings (SSSR count). The topological polar surface area (TPSA) is 65.1 Å². The number of aromatic nitrogens is 1. The highest BCUT2D eigenvalue weighted by Crippen LogP contribution is 2.23. The Kier molecular flexibility index (Phi) is 4.17. The Hall–Kier alpha value is -2.95. The third kappa shape index (κ3) is 3.45. The fourth-order valence-corrected chi connectivity index (χ4v) is 2.86. The van der Waals surface area contributed by atoms with Gasteiger partial charge in [-0.1, -0.05) is 45.0 Å². The molecule has 128 valence electrons. The molecule has 0 spiro atoms. The van der Waals surface area contributed by atoms with E-state index in [1.807, 2.05) is 12.1 Å². The standard InChI is InChI=1S/C20H20N2O3/c1-20(2,3)16-7-4-14(5-8-16)13-21-18-10-9-17(22(24)25)12-15(18)6-11-19(21)23/h4-12H,13H2,1-3H3. The van der Waals surface area contributed by atoms with Gasteiger partial charge in [-0.15, -0.1) is 0 Å². The first-order valence-electron chi connectivity index (χ1n) is 8.13. The summed E-state index contributed by atoms with van der Waals surface area (Å²) in [5, 5.41) is 11.6. The minimum absolute atomic E-state index is 0.0206. The molecule has 0 bridgehead atoms. The van der Waals surface area contributed by atoms with Gasteiger partial charge in [0.05, 0.1) is 17.0 Å². The number of nitrogens with zero attached hydrogens (tertiary/aromatic N) is 2. The van der Waals surface area contributed by atoms with Crippen LogP contribution in [0.15, 0.2) is 59.4 Å². The van der Waals surface area contributed by atoms with Crippen LogP contribution in [0.25, 0.3) is 10.9 Å². The van der Waals surface area contributed by atoms with Gasteiger partial charge in [0.1, 0.15) is 0 Å². The molecular formula is C20H20N2O3. The first-order chi connectivity index (χ1) is 11.8. The predicted octanol–water partition coefficient (Wildman–Crippen LogP) is 4.26. The van der Waals surface area contributed by atoms with Gasteiger partial charge in [0.2, 0.25) is 0 Å². The molecule has 25 heavy (non-hydrogen) atoms. The summed E-state index contributed by atoms with van der Waals surface area (Å²) < 4.78 is 1.64. The molecule has 0 N–H and O–H groups in total. The first kappa shape index (κ1) is 16.9. The molecule has 0 aliphatic carbocycles. The summed E-state index contributed by atoms with van der Waals surface area (Å²) in [6.45, 7) is 6.90. The molecular weight excluding hydrogens is 316 g/mol. The molecule has 1 aromatic heterocycles. The van der Waals surface area contributed by atoms with Crippen molar-refractivity contribution in [3.63, 3.8) is 0 Å². The highest BCUT2D eigenvalue weighted by atomic mass is 16.6. The second-order valence-electron chi connectivity index (χ2n) is 7.20. The SMILES string of the molecule is CC(C)(C)c1ccc(Cn2c(=O)ccc3cc([N+](=O)[O-])ccc32)cc1. The molecule has 0 amide bonds. The average Bonchev–Trinajstić information content (AvgIpc) is 2.56. The summed E-state index contributed by atoms with van der Waals surface area (Å²) in [6, 6.07) is 15.9. The predicted molar refractivity (Wildman–Crippen MR) is 99.1 cm³/mol. The van der Waals surface area contributed by atoms with E-state index in [9.17, 15) is 14.9 Å². The van der Waals surface area contributed by atoms with E-state index in [2.05, 4.69) is 32.9 Å². The van der Waals surface area contributed by atoms with E-state index in [1.165, 1.54) is 23.8 Å². The van der Waals surface area contributed by atoms with Gasteiger partial charge in [0.25, 0.3) is 11.2 Å². The highest BCUT2D eigenvalue weighted by Gasteiger charge is 2.13. The molecule has 1 heterocycles. The molecule has 0 radical (unpaired) electrons. The third-order valence-corrected chi connectivity index (χ3v) is 4.34. The average molecular weight is 336 g/mol. The van der Waals surface area contributed by atoms with E-state index in [1.54, 1.807) is 16.7 Å². The number of nitro groups is 1. The Bertz CT molecular complexity index is 996. The van der Waals surface area contributed by atoms with Crippen LogP contribution in [0.2, 0.25) is 0 Å². The molecule has 0 aliphatic rings. The van der Waals surface area contributed by atoms with E-state index in [4.69, 9.17) is 0 Å². The molecule has 0 saturated heterocycles. The van der Waals surface area contributed by atoms with E-state index in [0.29, 0.717) is 17.4 Å². The number of nitro benzene ring substituents is 1. The Morgan fingerprint density at radius 2 is 1.68 bits per heavy atom. The van der Waals surface area contributed by atoms with Crippen LogP contribution in [0.1, 0.15) is 31.9 Å². The van der Waals surface area contributed by atoms with E-state index < -0.39 is 4.92 Å². The van der Waals surface area contributed by atoms with Crippen LogP contribution in [0.5, 0.6) is 0 Å². The lowest BCUT2D eigenvalue weighted by molar-refractivity contribution is -0.384. The molecule has 0 unspecified atom stereocenters. The summed E-state index contributed by atoms with van der Waals surface area (Å²) >= 11 is 0. The van der Waals surface area contributed by atoms with Crippen molar-refractivity contribution < 1.29 is 4.92 Å². The van der Waals surface area contributed by atoms with Gasteiger partial charge in [-0.05, 0) is 28.7 Å². The highest BCUT2D eigenvalue weighted by molar-refractivity contribution is 5.81. The minimum Gasteiger partial charge on any atom is -0.304 e. The van der Waals surface area contributed by atoms with Crippen molar-refractivity contribution in [3.8, 4) is 0 Å². The van der Waals surface area contributed by atoms with Gasteiger partial charge >= 0.3 is 0 Å². The van der Waals surface area contributed by atoms with Crippen LogP contribution < -0.4 is 5.56 Å². The number of fused-ring (bicyclic) bond motifs is 1. The van der Waals surface area contributed by atoms with Gasteiger partial charge < -0.3 is 4.57 Å².